The number of para-hydroxylation sites is 1. The fourth-order valence-corrected chi connectivity index (χ4v) is 2.83. The molecule has 3 rings (SSSR count). The van der Waals surface area contributed by atoms with Crippen LogP contribution in [0.4, 0.5) is 0 Å². The Hall–Kier alpha value is -1.80. The molecule has 1 heterocycles. The van der Waals surface area contributed by atoms with E-state index in [9.17, 15) is 5.11 Å². The standard InChI is InChI=1S/C17H18O2/c1-12-6-2-3-7-13(12)17(18)15-10-11-19-16-9-5-4-8-14(15)16/h2-9,15,17-18H,10-11H2,1H3. The monoisotopic (exact) mass is 254 g/mol. The minimum Gasteiger partial charge on any atom is -0.493 e. The van der Waals surface area contributed by atoms with Crippen LogP contribution < -0.4 is 4.74 Å². The Balaban J connectivity index is 1.98. The molecule has 0 aliphatic carbocycles. The molecule has 1 aliphatic rings. The van der Waals surface area contributed by atoms with Crippen molar-refractivity contribution in [3.05, 3.63) is 65.2 Å². The van der Waals surface area contributed by atoms with E-state index in [1.165, 1.54) is 0 Å². The van der Waals surface area contributed by atoms with Gasteiger partial charge in [0, 0.05) is 11.5 Å². The van der Waals surface area contributed by atoms with Gasteiger partial charge in [-0.1, -0.05) is 42.5 Å². The van der Waals surface area contributed by atoms with Crippen LogP contribution in [0.3, 0.4) is 0 Å². The van der Waals surface area contributed by atoms with Crippen molar-refractivity contribution < 1.29 is 9.84 Å². The Morgan fingerprint density at radius 3 is 2.68 bits per heavy atom. The largest absolute Gasteiger partial charge is 0.493 e. The topological polar surface area (TPSA) is 29.5 Å². The van der Waals surface area contributed by atoms with Gasteiger partial charge in [-0.15, -0.1) is 0 Å². The van der Waals surface area contributed by atoms with Gasteiger partial charge < -0.3 is 9.84 Å². The number of aryl methyl sites for hydroxylation is 1. The van der Waals surface area contributed by atoms with Crippen molar-refractivity contribution in [1.29, 1.82) is 0 Å². The van der Waals surface area contributed by atoms with Gasteiger partial charge in [0.25, 0.3) is 0 Å². The molecule has 2 heteroatoms. The Labute approximate surface area is 113 Å². The third-order valence-corrected chi connectivity index (χ3v) is 3.89. The summed E-state index contributed by atoms with van der Waals surface area (Å²) in [4.78, 5) is 0. The van der Waals surface area contributed by atoms with E-state index in [2.05, 4.69) is 6.07 Å². The van der Waals surface area contributed by atoms with Crippen LogP contribution in [0.5, 0.6) is 5.75 Å². The molecule has 0 spiro atoms. The van der Waals surface area contributed by atoms with Gasteiger partial charge in [0.2, 0.25) is 0 Å². The predicted molar refractivity (Wildman–Crippen MR) is 75.4 cm³/mol. The van der Waals surface area contributed by atoms with Gasteiger partial charge in [0.15, 0.2) is 0 Å². The number of rotatable bonds is 2. The van der Waals surface area contributed by atoms with Gasteiger partial charge in [0.05, 0.1) is 12.7 Å². The fourth-order valence-electron chi connectivity index (χ4n) is 2.83. The van der Waals surface area contributed by atoms with Gasteiger partial charge in [-0.3, -0.25) is 0 Å². The van der Waals surface area contributed by atoms with Crippen LogP contribution >= 0.6 is 0 Å². The fraction of sp³-hybridized carbons (Fsp3) is 0.294. The molecule has 0 amide bonds. The van der Waals surface area contributed by atoms with Gasteiger partial charge in [0.1, 0.15) is 5.75 Å². The van der Waals surface area contributed by atoms with Crippen LogP contribution in [0.2, 0.25) is 0 Å². The van der Waals surface area contributed by atoms with E-state index in [0.29, 0.717) is 6.61 Å². The summed E-state index contributed by atoms with van der Waals surface area (Å²) in [5, 5.41) is 10.7. The molecule has 2 nitrogen and oxygen atoms in total. The average Bonchev–Trinajstić information content (AvgIpc) is 2.46. The summed E-state index contributed by atoms with van der Waals surface area (Å²) in [7, 11) is 0. The second-order valence-corrected chi connectivity index (χ2v) is 5.08. The number of fused-ring (bicyclic) bond motifs is 1. The van der Waals surface area contributed by atoms with E-state index in [4.69, 9.17) is 4.74 Å². The van der Waals surface area contributed by atoms with Crippen molar-refractivity contribution in [2.45, 2.75) is 25.4 Å². The van der Waals surface area contributed by atoms with E-state index in [1.807, 2.05) is 49.4 Å². The highest BCUT2D eigenvalue weighted by Gasteiger charge is 2.29. The minimum absolute atomic E-state index is 0.117. The maximum Gasteiger partial charge on any atom is 0.122 e. The number of aliphatic hydroxyl groups is 1. The normalized spacial score (nSPS) is 19.4. The van der Waals surface area contributed by atoms with E-state index in [0.717, 1.165) is 28.9 Å². The molecule has 98 valence electrons. The number of hydrogen-bond donors (Lipinski definition) is 1. The first kappa shape index (κ1) is 12.2. The molecule has 2 atom stereocenters. The van der Waals surface area contributed by atoms with E-state index >= 15 is 0 Å². The summed E-state index contributed by atoms with van der Waals surface area (Å²) in [6.45, 7) is 2.72. The summed E-state index contributed by atoms with van der Waals surface area (Å²) in [6.07, 6.45) is 0.387. The molecular formula is C17H18O2. The zero-order chi connectivity index (χ0) is 13.2. The van der Waals surface area contributed by atoms with Crippen LogP contribution in [0.1, 0.15) is 35.1 Å². The smallest absolute Gasteiger partial charge is 0.122 e. The molecule has 0 saturated carbocycles. The van der Waals surface area contributed by atoms with E-state index in [1.54, 1.807) is 0 Å². The molecule has 2 unspecified atom stereocenters. The Kier molecular flexibility index (Phi) is 3.26. The summed E-state index contributed by atoms with van der Waals surface area (Å²) >= 11 is 0. The Morgan fingerprint density at radius 2 is 1.84 bits per heavy atom. The second-order valence-electron chi connectivity index (χ2n) is 5.08. The zero-order valence-corrected chi connectivity index (χ0v) is 11.0. The predicted octanol–water partition coefficient (Wildman–Crippen LogP) is 3.59. The van der Waals surface area contributed by atoms with Gasteiger partial charge in [-0.25, -0.2) is 0 Å². The molecule has 0 bridgehead atoms. The third-order valence-electron chi connectivity index (χ3n) is 3.89. The third kappa shape index (κ3) is 2.24. The number of hydrogen-bond acceptors (Lipinski definition) is 2. The first-order valence-corrected chi connectivity index (χ1v) is 6.72. The molecule has 0 radical (unpaired) electrons. The van der Waals surface area contributed by atoms with Crippen molar-refractivity contribution in [3.63, 3.8) is 0 Å². The number of ether oxygens (including phenoxy) is 1. The number of benzene rings is 2. The maximum atomic E-state index is 10.7. The van der Waals surface area contributed by atoms with Crippen LogP contribution in [-0.2, 0) is 0 Å². The molecule has 19 heavy (non-hydrogen) atoms. The van der Waals surface area contributed by atoms with Crippen molar-refractivity contribution in [1.82, 2.24) is 0 Å². The lowest BCUT2D eigenvalue weighted by Gasteiger charge is -2.30. The first-order valence-electron chi connectivity index (χ1n) is 6.72. The van der Waals surface area contributed by atoms with Crippen LogP contribution in [0, 0.1) is 6.92 Å². The highest BCUT2D eigenvalue weighted by molar-refractivity contribution is 5.40. The van der Waals surface area contributed by atoms with Crippen LogP contribution in [0.25, 0.3) is 0 Å². The molecule has 2 aromatic rings. The highest BCUT2D eigenvalue weighted by Crippen LogP contribution is 2.41. The molecule has 0 saturated heterocycles. The second kappa shape index (κ2) is 5.06. The lowest BCUT2D eigenvalue weighted by molar-refractivity contribution is 0.117. The number of aliphatic hydroxyl groups excluding tert-OH is 1. The first-order chi connectivity index (χ1) is 9.27. The quantitative estimate of drug-likeness (QED) is 0.887. The molecule has 2 aromatic carbocycles. The Bertz CT molecular complexity index is 577. The van der Waals surface area contributed by atoms with Gasteiger partial charge >= 0.3 is 0 Å². The maximum absolute atomic E-state index is 10.7. The lowest BCUT2D eigenvalue weighted by Crippen LogP contribution is -2.20. The van der Waals surface area contributed by atoms with Gasteiger partial charge in [-0.2, -0.15) is 0 Å². The summed E-state index contributed by atoms with van der Waals surface area (Å²) in [5.41, 5.74) is 3.27. The summed E-state index contributed by atoms with van der Waals surface area (Å²) in [5.74, 6) is 1.03. The van der Waals surface area contributed by atoms with Crippen molar-refractivity contribution in [3.8, 4) is 5.75 Å². The molecule has 1 aliphatic heterocycles. The molecule has 1 N–H and O–H groups in total. The molecular weight excluding hydrogens is 236 g/mol. The molecule has 0 aromatic heterocycles. The summed E-state index contributed by atoms with van der Waals surface area (Å²) < 4.78 is 5.66. The zero-order valence-electron chi connectivity index (χ0n) is 11.0. The summed E-state index contributed by atoms with van der Waals surface area (Å²) in [6, 6.07) is 16.1. The van der Waals surface area contributed by atoms with Crippen LogP contribution in [0.15, 0.2) is 48.5 Å². The van der Waals surface area contributed by atoms with E-state index < -0.39 is 6.10 Å². The van der Waals surface area contributed by atoms with Gasteiger partial charge in [-0.05, 0) is 30.5 Å². The SMILES string of the molecule is Cc1ccccc1C(O)C1CCOc2ccccc21. The van der Waals surface area contributed by atoms with Crippen molar-refractivity contribution in [2.24, 2.45) is 0 Å². The molecule has 0 fully saturated rings. The average molecular weight is 254 g/mol. The van der Waals surface area contributed by atoms with Crippen molar-refractivity contribution in [2.75, 3.05) is 6.61 Å². The highest BCUT2D eigenvalue weighted by atomic mass is 16.5. The minimum atomic E-state index is -0.466. The Morgan fingerprint density at radius 1 is 1.11 bits per heavy atom. The van der Waals surface area contributed by atoms with E-state index in [-0.39, 0.29) is 5.92 Å². The van der Waals surface area contributed by atoms with Crippen molar-refractivity contribution >= 4 is 0 Å². The lowest BCUT2D eigenvalue weighted by atomic mass is 9.84. The van der Waals surface area contributed by atoms with Crippen LogP contribution in [-0.4, -0.2) is 11.7 Å².